The Morgan fingerprint density at radius 1 is 0.436 bits per heavy atom. The van der Waals surface area contributed by atoms with Crippen molar-refractivity contribution in [1.29, 1.82) is 21.0 Å². The monoisotopic (exact) mass is 810 g/mol. The van der Waals surface area contributed by atoms with Crippen LogP contribution in [-0.4, -0.2) is 0 Å². The van der Waals surface area contributed by atoms with Crippen LogP contribution in [0.5, 0.6) is 0 Å². The molecule has 0 saturated heterocycles. The van der Waals surface area contributed by atoms with Crippen LogP contribution in [0.3, 0.4) is 0 Å². The zero-order valence-electron chi connectivity index (χ0n) is 28.4. The molecule has 0 atom stereocenters. The molecule has 0 radical (unpaired) electrons. The molecule has 10 heteroatoms. The van der Waals surface area contributed by atoms with Gasteiger partial charge >= 0.3 is 0 Å². The van der Waals surface area contributed by atoms with Gasteiger partial charge in [0.1, 0.15) is 35.4 Å². The normalized spacial score (nSPS) is 13.0. The van der Waals surface area contributed by atoms with Crippen molar-refractivity contribution in [3.05, 3.63) is 171 Å². The van der Waals surface area contributed by atoms with Crippen LogP contribution < -0.4 is 18.1 Å². The highest BCUT2D eigenvalue weighted by Gasteiger charge is 2.49. The number of fused-ring (bicyclic) bond motifs is 3. The lowest BCUT2D eigenvalue weighted by molar-refractivity contribution is 0.772. The fourth-order valence-corrected chi connectivity index (χ4v) is 13.7. The maximum atomic E-state index is 9.31. The number of nitriles is 4. The lowest BCUT2D eigenvalue weighted by atomic mass is 9.68. The van der Waals surface area contributed by atoms with Gasteiger partial charge in [0.05, 0.1) is 24.2 Å². The van der Waals surface area contributed by atoms with Gasteiger partial charge in [0.2, 0.25) is 0 Å². The third kappa shape index (κ3) is 6.03. The Bertz CT molecular complexity index is 2960. The van der Waals surface area contributed by atoms with E-state index in [2.05, 4.69) is 109 Å². The molecular weight excluding hydrogens is 789 g/mol. The van der Waals surface area contributed by atoms with Crippen LogP contribution in [0.25, 0.3) is 52.6 Å². The van der Waals surface area contributed by atoms with E-state index in [0.29, 0.717) is 9.06 Å². The molecule has 0 saturated carbocycles. The third-order valence-corrected chi connectivity index (χ3v) is 16.4. The van der Waals surface area contributed by atoms with Gasteiger partial charge in [-0.15, -0.1) is 68.0 Å². The summed E-state index contributed by atoms with van der Waals surface area (Å²) in [5.41, 5.74) is 4.84. The first kappa shape index (κ1) is 34.8. The van der Waals surface area contributed by atoms with E-state index in [1.165, 1.54) is 74.2 Å². The molecule has 0 amide bonds. The lowest BCUT2D eigenvalue weighted by Gasteiger charge is -2.32. The molecular formula is C45H22N4S6. The minimum Gasteiger partial charge on any atom is -0.192 e. The van der Waals surface area contributed by atoms with Gasteiger partial charge in [0, 0.05) is 38.3 Å². The summed E-state index contributed by atoms with van der Waals surface area (Å²) in [6, 6.07) is 50.8. The standard InChI is InChI=1S/C45H22N4S6/c46-23-27(24-47)37-15-11-31(50-37)19-33-13-17-39(52-33)41-21-35-43(54-41)44-36(45(35,29-7-3-1-4-8-29)30-9-5-2-6-10-30)22-42(55-44)40-18-14-34(53-40)20-32-12-16-38(51-32)28(25-48)26-49/h1-22H/b31-19+,32-20+. The van der Waals surface area contributed by atoms with Gasteiger partial charge in [-0.1, -0.05) is 60.7 Å². The molecule has 8 aromatic rings. The van der Waals surface area contributed by atoms with Gasteiger partial charge < -0.3 is 0 Å². The molecule has 0 spiro atoms. The van der Waals surface area contributed by atoms with Crippen molar-refractivity contribution in [3.63, 3.8) is 0 Å². The van der Waals surface area contributed by atoms with Gasteiger partial charge in [-0.2, -0.15) is 21.0 Å². The van der Waals surface area contributed by atoms with Crippen LogP contribution in [0.4, 0.5) is 0 Å². The van der Waals surface area contributed by atoms with Gasteiger partial charge in [0.25, 0.3) is 0 Å². The predicted molar refractivity (Wildman–Crippen MR) is 230 cm³/mol. The highest BCUT2D eigenvalue weighted by molar-refractivity contribution is 7.29. The predicted octanol–water partition coefficient (Wildman–Crippen LogP) is 9.81. The molecule has 9 rings (SSSR count). The molecule has 2 aromatic carbocycles. The van der Waals surface area contributed by atoms with Gasteiger partial charge in [-0.25, -0.2) is 0 Å². The van der Waals surface area contributed by atoms with Crippen molar-refractivity contribution < 1.29 is 0 Å². The van der Waals surface area contributed by atoms with Crippen LogP contribution in [0.1, 0.15) is 32.0 Å². The lowest BCUT2D eigenvalue weighted by Crippen LogP contribution is -2.27. The van der Waals surface area contributed by atoms with E-state index in [9.17, 15) is 21.0 Å². The summed E-state index contributed by atoms with van der Waals surface area (Å²) in [5, 5.41) is 37.3. The first-order valence-corrected chi connectivity index (χ1v) is 21.8. The van der Waals surface area contributed by atoms with E-state index in [0.717, 1.165) is 18.8 Å². The van der Waals surface area contributed by atoms with Crippen LogP contribution in [-0.2, 0) is 5.41 Å². The molecule has 0 unspecified atom stereocenters. The molecule has 0 aliphatic heterocycles. The quantitative estimate of drug-likeness (QED) is 0.167. The molecule has 0 N–H and O–H groups in total. The van der Waals surface area contributed by atoms with Crippen molar-refractivity contribution in [3.8, 4) is 53.5 Å². The first-order valence-electron chi connectivity index (χ1n) is 16.9. The Morgan fingerprint density at radius 3 is 1.25 bits per heavy atom. The SMILES string of the molecule is N#CC(C#N)=c1cc/c(=C\c2ccc(-c3cc4c(s3)-c3sc(-c5ccc(/C=c6\ccc(=C(C#N)C#N)s6)s5)cc3C4(c3ccccc3)c3ccccc3)s2)s1. The van der Waals surface area contributed by atoms with Crippen LogP contribution in [0.15, 0.2) is 121 Å². The molecule has 1 aliphatic carbocycles. The number of nitrogens with zero attached hydrogens (tertiary/aromatic N) is 4. The molecule has 55 heavy (non-hydrogen) atoms. The van der Waals surface area contributed by atoms with Crippen LogP contribution in [0, 0.1) is 45.3 Å². The maximum Gasteiger partial charge on any atom is 0.146 e. The molecule has 6 aromatic heterocycles. The summed E-state index contributed by atoms with van der Waals surface area (Å²) in [4.78, 5) is 9.65. The topological polar surface area (TPSA) is 95.2 Å². The number of rotatable bonds is 6. The number of thiophene rings is 6. The largest absolute Gasteiger partial charge is 0.192 e. The highest BCUT2D eigenvalue weighted by Crippen LogP contribution is 2.63. The number of hydrogen-bond acceptors (Lipinski definition) is 10. The summed E-state index contributed by atoms with van der Waals surface area (Å²) in [6.07, 6.45) is 4.24. The van der Waals surface area contributed by atoms with Crippen LogP contribution >= 0.6 is 68.0 Å². The van der Waals surface area contributed by atoms with E-state index in [1.54, 1.807) is 22.7 Å². The second-order valence-corrected chi connectivity index (χ2v) is 19.0. The van der Waals surface area contributed by atoms with Gasteiger partial charge in [-0.3, -0.25) is 0 Å². The third-order valence-electron chi connectivity index (χ3n) is 9.39. The molecule has 258 valence electrons. The summed E-state index contributed by atoms with van der Waals surface area (Å²) in [7, 11) is 0. The van der Waals surface area contributed by atoms with E-state index in [4.69, 9.17) is 0 Å². The average molecular weight is 811 g/mol. The summed E-state index contributed by atoms with van der Waals surface area (Å²) >= 11 is 10.1. The minimum atomic E-state index is -0.499. The molecule has 0 fully saturated rings. The highest BCUT2D eigenvalue weighted by atomic mass is 32.1. The van der Waals surface area contributed by atoms with E-state index < -0.39 is 5.41 Å². The Morgan fingerprint density at radius 2 is 0.855 bits per heavy atom. The molecule has 1 aliphatic rings. The van der Waals surface area contributed by atoms with Crippen molar-refractivity contribution in [2.24, 2.45) is 0 Å². The van der Waals surface area contributed by atoms with Gasteiger partial charge in [-0.05, 0) is 95.1 Å². The second-order valence-electron chi connectivity index (χ2n) is 12.5. The van der Waals surface area contributed by atoms with Crippen molar-refractivity contribution in [1.82, 2.24) is 0 Å². The Hall–Kier alpha value is -5.92. The summed E-state index contributed by atoms with van der Waals surface area (Å²) in [6.45, 7) is 0. The fourth-order valence-electron chi connectivity index (χ4n) is 7.04. The average Bonchev–Trinajstić information content (AvgIpc) is 4.07. The van der Waals surface area contributed by atoms with E-state index >= 15 is 0 Å². The van der Waals surface area contributed by atoms with Gasteiger partial charge in [0.15, 0.2) is 0 Å². The molecule has 6 heterocycles. The zero-order chi connectivity index (χ0) is 37.5. The first-order chi connectivity index (χ1) is 27.0. The smallest absolute Gasteiger partial charge is 0.146 e. The second kappa shape index (κ2) is 14.4. The summed E-state index contributed by atoms with van der Waals surface area (Å²) in [5.74, 6) is 0. The van der Waals surface area contributed by atoms with Crippen molar-refractivity contribution in [2.75, 3.05) is 0 Å². The van der Waals surface area contributed by atoms with Crippen molar-refractivity contribution >= 4 is 91.3 Å². The number of hydrogen-bond donors (Lipinski definition) is 0. The number of benzene rings is 2. The summed E-state index contributed by atoms with van der Waals surface area (Å²) < 4.78 is 3.38. The Kier molecular flexibility index (Phi) is 9.11. The van der Waals surface area contributed by atoms with E-state index in [1.807, 2.05) is 71.2 Å². The van der Waals surface area contributed by atoms with Crippen molar-refractivity contribution in [2.45, 2.75) is 5.41 Å². The van der Waals surface area contributed by atoms with E-state index in [-0.39, 0.29) is 11.1 Å². The van der Waals surface area contributed by atoms with Crippen LogP contribution in [0.2, 0.25) is 0 Å². The minimum absolute atomic E-state index is 0.137. The molecule has 0 bridgehead atoms. The maximum absolute atomic E-state index is 9.31. The Balaban J connectivity index is 1.17. The zero-order valence-corrected chi connectivity index (χ0v) is 33.3. The Labute approximate surface area is 340 Å². The fraction of sp³-hybridized carbons (Fsp3) is 0.0222. The molecule has 4 nitrogen and oxygen atoms in total.